The summed E-state index contributed by atoms with van der Waals surface area (Å²) in [6.45, 7) is 0.696. The van der Waals surface area contributed by atoms with Crippen LogP contribution in [0.5, 0.6) is 0 Å². The Labute approximate surface area is 145 Å². The van der Waals surface area contributed by atoms with Crippen LogP contribution in [0.3, 0.4) is 0 Å². The molecule has 0 spiro atoms. The van der Waals surface area contributed by atoms with E-state index in [1.165, 1.54) is 4.90 Å². The molecular weight excluding hydrogens is 322 g/mol. The molecule has 2 N–H and O–H groups in total. The third-order valence-corrected chi connectivity index (χ3v) is 4.64. The van der Waals surface area contributed by atoms with Crippen molar-refractivity contribution in [3.63, 3.8) is 0 Å². The minimum Gasteiger partial charge on any atom is -0.481 e. The minimum atomic E-state index is -0.873. The number of amides is 2. The van der Waals surface area contributed by atoms with Crippen molar-refractivity contribution in [1.82, 2.24) is 14.8 Å². The van der Waals surface area contributed by atoms with Crippen LogP contribution >= 0.6 is 0 Å². The summed E-state index contributed by atoms with van der Waals surface area (Å²) in [5.41, 5.74) is 1.47. The van der Waals surface area contributed by atoms with Crippen LogP contribution in [0.2, 0.25) is 0 Å². The maximum atomic E-state index is 12.6. The van der Waals surface area contributed by atoms with E-state index in [1.807, 2.05) is 12.1 Å². The molecule has 132 valence electrons. The highest BCUT2D eigenvalue weighted by Gasteiger charge is 2.29. The van der Waals surface area contributed by atoms with Crippen molar-refractivity contribution >= 4 is 28.7 Å². The summed E-state index contributed by atoms with van der Waals surface area (Å²) in [4.78, 5) is 42.1. The number of likely N-dealkylation sites (tertiary alicyclic amines) is 1. The van der Waals surface area contributed by atoms with Gasteiger partial charge in [-0.1, -0.05) is 0 Å². The summed E-state index contributed by atoms with van der Waals surface area (Å²) >= 11 is 0. The molecule has 1 atom stereocenters. The standard InChI is InChI=1S/C18H21N3O4/c1-20(11-16(22)21-8-2-3-14(10-21)18(24)25)17(23)13-4-5-15-12(9-13)6-7-19-15/h4-7,9,14,19H,2-3,8,10-11H2,1H3,(H,24,25). The van der Waals surface area contributed by atoms with Gasteiger partial charge in [-0.05, 0) is 37.1 Å². The Morgan fingerprint density at radius 2 is 2.12 bits per heavy atom. The molecule has 0 saturated carbocycles. The molecule has 1 aliphatic rings. The third kappa shape index (κ3) is 3.65. The molecule has 7 nitrogen and oxygen atoms in total. The fourth-order valence-corrected chi connectivity index (χ4v) is 3.19. The van der Waals surface area contributed by atoms with E-state index in [2.05, 4.69) is 4.98 Å². The van der Waals surface area contributed by atoms with E-state index in [4.69, 9.17) is 5.11 Å². The van der Waals surface area contributed by atoms with E-state index in [-0.39, 0.29) is 24.9 Å². The lowest BCUT2D eigenvalue weighted by atomic mass is 9.98. The van der Waals surface area contributed by atoms with E-state index < -0.39 is 11.9 Å². The van der Waals surface area contributed by atoms with Gasteiger partial charge in [0.05, 0.1) is 12.5 Å². The van der Waals surface area contributed by atoms with Gasteiger partial charge >= 0.3 is 5.97 Å². The average Bonchev–Trinajstić information content (AvgIpc) is 3.08. The highest BCUT2D eigenvalue weighted by atomic mass is 16.4. The van der Waals surface area contributed by atoms with Gasteiger partial charge in [-0.2, -0.15) is 0 Å². The normalized spacial score (nSPS) is 17.5. The molecule has 1 aliphatic heterocycles. The number of H-pyrrole nitrogens is 1. The smallest absolute Gasteiger partial charge is 0.308 e. The van der Waals surface area contributed by atoms with Gasteiger partial charge in [-0.15, -0.1) is 0 Å². The second kappa shape index (κ2) is 6.96. The number of carboxylic acids is 1. The van der Waals surface area contributed by atoms with Gasteiger partial charge in [-0.25, -0.2) is 0 Å². The highest BCUT2D eigenvalue weighted by molar-refractivity contribution is 5.99. The van der Waals surface area contributed by atoms with Gasteiger partial charge in [0, 0.05) is 42.8 Å². The second-order valence-corrected chi connectivity index (χ2v) is 6.46. The van der Waals surface area contributed by atoms with Gasteiger partial charge in [-0.3, -0.25) is 14.4 Å². The Balaban J connectivity index is 1.64. The molecule has 3 rings (SSSR count). The number of carbonyl (C=O) groups excluding carboxylic acids is 2. The molecule has 2 amide bonds. The van der Waals surface area contributed by atoms with Crippen molar-refractivity contribution in [3.8, 4) is 0 Å². The zero-order valence-corrected chi connectivity index (χ0v) is 14.1. The molecule has 1 fully saturated rings. The zero-order chi connectivity index (χ0) is 18.0. The average molecular weight is 343 g/mol. The highest BCUT2D eigenvalue weighted by Crippen LogP contribution is 2.18. The largest absolute Gasteiger partial charge is 0.481 e. The molecule has 25 heavy (non-hydrogen) atoms. The molecule has 2 aromatic rings. The van der Waals surface area contributed by atoms with Gasteiger partial charge in [0.25, 0.3) is 5.91 Å². The van der Waals surface area contributed by atoms with Crippen LogP contribution in [0.4, 0.5) is 0 Å². The van der Waals surface area contributed by atoms with Gasteiger partial charge < -0.3 is 19.9 Å². The summed E-state index contributed by atoms with van der Waals surface area (Å²) in [5.74, 6) is -1.84. The van der Waals surface area contributed by atoms with Crippen molar-refractivity contribution in [3.05, 3.63) is 36.0 Å². The number of aromatic amines is 1. The molecule has 2 heterocycles. The van der Waals surface area contributed by atoms with Crippen LogP contribution < -0.4 is 0 Å². The monoisotopic (exact) mass is 343 g/mol. The maximum Gasteiger partial charge on any atom is 0.308 e. The number of piperidine rings is 1. The number of aromatic nitrogens is 1. The Bertz CT molecular complexity index is 814. The van der Waals surface area contributed by atoms with Crippen molar-refractivity contribution in [2.24, 2.45) is 5.92 Å². The van der Waals surface area contributed by atoms with Gasteiger partial charge in [0.2, 0.25) is 5.91 Å². The topological polar surface area (TPSA) is 93.7 Å². The summed E-state index contributed by atoms with van der Waals surface area (Å²) < 4.78 is 0. The summed E-state index contributed by atoms with van der Waals surface area (Å²) in [6.07, 6.45) is 3.07. The molecule has 1 saturated heterocycles. The van der Waals surface area contributed by atoms with Crippen LogP contribution in [0.1, 0.15) is 23.2 Å². The van der Waals surface area contributed by atoms with Crippen LogP contribution in [0.15, 0.2) is 30.5 Å². The number of hydrogen-bond acceptors (Lipinski definition) is 3. The molecule has 7 heteroatoms. The number of carboxylic acid groups (broad SMARTS) is 1. The van der Waals surface area contributed by atoms with Gasteiger partial charge in [0.15, 0.2) is 0 Å². The summed E-state index contributed by atoms with van der Waals surface area (Å²) in [5, 5.41) is 10.1. The number of nitrogens with one attached hydrogen (secondary N) is 1. The third-order valence-electron chi connectivity index (χ3n) is 4.64. The first-order chi connectivity index (χ1) is 12.0. The molecule has 0 bridgehead atoms. The van der Waals surface area contributed by atoms with Crippen LogP contribution in [-0.4, -0.2) is 64.4 Å². The SMILES string of the molecule is CN(CC(=O)N1CCCC(C(=O)O)C1)C(=O)c1ccc2[nH]ccc2c1. The molecular formula is C18H21N3O4. The summed E-state index contributed by atoms with van der Waals surface area (Å²) in [7, 11) is 1.58. The first-order valence-corrected chi connectivity index (χ1v) is 8.29. The Kier molecular flexibility index (Phi) is 4.74. The van der Waals surface area contributed by atoms with Crippen molar-refractivity contribution in [1.29, 1.82) is 0 Å². The van der Waals surface area contributed by atoms with E-state index in [9.17, 15) is 14.4 Å². The molecule has 0 aliphatic carbocycles. The lowest BCUT2D eigenvalue weighted by molar-refractivity contribution is -0.145. The number of hydrogen-bond donors (Lipinski definition) is 2. The number of benzene rings is 1. The first kappa shape index (κ1) is 17.0. The quantitative estimate of drug-likeness (QED) is 0.881. The predicted molar refractivity (Wildman–Crippen MR) is 92.2 cm³/mol. The van der Waals surface area contributed by atoms with Crippen molar-refractivity contribution < 1.29 is 19.5 Å². The molecule has 1 aromatic carbocycles. The fourth-order valence-electron chi connectivity index (χ4n) is 3.19. The minimum absolute atomic E-state index is 0.0592. The Hall–Kier alpha value is -2.83. The van der Waals surface area contributed by atoms with Crippen molar-refractivity contribution in [2.45, 2.75) is 12.8 Å². The Morgan fingerprint density at radius 3 is 2.88 bits per heavy atom. The summed E-state index contributed by atoms with van der Waals surface area (Å²) in [6, 6.07) is 7.23. The molecule has 1 unspecified atom stereocenters. The number of likely N-dealkylation sites (N-methyl/N-ethyl adjacent to an activating group) is 1. The number of nitrogens with zero attached hydrogens (tertiary/aromatic N) is 2. The van der Waals surface area contributed by atoms with E-state index in [1.54, 1.807) is 30.3 Å². The first-order valence-electron chi connectivity index (χ1n) is 8.29. The van der Waals surface area contributed by atoms with Crippen LogP contribution in [0.25, 0.3) is 10.9 Å². The van der Waals surface area contributed by atoms with Crippen LogP contribution in [-0.2, 0) is 9.59 Å². The number of aliphatic carboxylic acids is 1. The second-order valence-electron chi connectivity index (χ2n) is 6.46. The lowest BCUT2D eigenvalue weighted by Crippen LogP contribution is -2.46. The number of carbonyl (C=O) groups is 3. The lowest BCUT2D eigenvalue weighted by Gasteiger charge is -2.32. The maximum absolute atomic E-state index is 12.6. The van der Waals surface area contributed by atoms with Crippen molar-refractivity contribution in [2.75, 3.05) is 26.7 Å². The fraction of sp³-hybridized carbons (Fsp3) is 0.389. The van der Waals surface area contributed by atoms with Gasteiger partial charge in [0.1, 0.15) is 0 Å². The Morgan fingerprint density at radius 1 is 1.32 bits per heavy atom. The predicted octanol–water partition coefficient (Wildman–Crippen LogP) is 1.56. The van der Waals surface area contributed by atoms with E-state index >= 15 is 0 Å². The molecule has 1 aromatic heterocycles. The van der Waals surface area contributed by atoms with E-state index in [0.717, 1.165) is 10.9 Å². The van der Waals surface area contributed by atoms with Crippen LogP contribution in [0, 0.1) is 5.92 Å². The van der Waals surface area contributed by atoms with E-state index in [0.29, 0.717) is 24.9 Å². The molecule has 0 radical (unpaired) electrons. The zero-order valence-electron chi connectivity index (χ0n) is 14.1. The number of fused-ring (bicyclic) bond motifs is 1. The number of rotatable bonds is 4.